The molecule has 0 aromatic heterocycles. The second-order valence-electron chi connectivity index (χ2n) is 9.88. The van der Waals surface area contributed by atoms with E-state index in [2.05, 4.69) is 5.32 Å². The number of halogens is 4. The number of nitrogens with one attached hydrogen (secondary N) is 1. The maximum atomic E-state index is 16.2. The summed E-state index contributed by atoms with van der Waals surface area (Å²) in [6.45, 7) is 2.08. The summed E-state index contributed by atoms with van der Waals surface area (Å²) in [4.78, 5) is 26.2. The van der Waals surface area contributed by atoms with Crippen molar-refractivity contribution < 1.29 is 37.4 Å². The Balaban J connectivity index is 1.55. The third kappa shape index (κ3) is 5.11. The zero-order valence-corrected chi connectivity index (χ0v) is 19.4. The van der Waals surface area contributed by atoms with E-state index in [0.717, 1.165) is 12.2 Å². The van der Waals surface area contributed by atoms with Gasteiger partial charge in [-0.3, -0.25) is 14.6 Å². The maximum Gasteiger partial charge on any atom is 0.351 e. The van der Waals surface area contributed by atoms with Gasteiger partial charge in [-0.1, -0.05) is 12.2 Å². The molecule has 4 rings (SSSR count). The molecule has 2 aliphatic heterocycles. The summed E-state index contributed by atoms with van der Waals surface area (Å²) in [7, 11) is 0. The number of carboxylic acid groups (broad SMARTS) is 2. The van der Waals surface area contributed by atoms with Crippen LogP contribution in [-0.2, 0) is 9.59 Å². The van der Waals surface area contributed by atoms with Crippen LogP contribution >= 0.6 is 0 Å². The van der Waals surface area contributed by atoms with Gasteiger partial charge >= 0.3 is 11.9 Å². The Hall–Kier alpha value is -2.40. The molecule has 35 heavy (non-hydrogen) atoms. The second-order valence-corrected chi connectivity index (χ2v) is 9.88. The average Bonchev–Trinajstić information content (AvgIpc) is 3.24. The zero-order chi connectivity index (χ0) is 25.4. The molecule has 7 nitrogen and oxygen atoms in total. The van der Waals surface area contributed by atoms with Gasteiger partial charge in [0.15, 0.2) is 0 Å². The van der Waals surface area contributed by atoms with Crippen molar-refractivity contribution in [1.82, 2.24) is 15.1 Å². The first-order valence-corrected chi connectivity index (χ1v) is 12.0. The Morgan fingerprint density at radius 3 is 2.51 bits per heavy atom. The van der Waals surface area contributed by atoms with E-state index in [-0.39, 0.29) is 37.7 Å². The molecule has 2 saturated heterocycles. The highest BCUT2D eigenvalue weighted by Gasteiger charge is 2.55. The van der Waals surface area contributed by atoms with Crippen molar-refractivity contribution in [1.29, 1.82) is 0 Å². The third-order valence-electron chi connectivity index (χ3n) is 7.78. The number of hydrogen-bond donors (Lipinski definition) is 3. The van der Waals surface area contributed by atoms with Crippen LogP contribution in [0.2, 0.25) is 0 Å². The van der Waals surface area contributed by atoms with Crippen LogP contribution in [0.25, 0.3) is 0 Å². The van der Waals surface area contributed by atoms with Crippen molar-refractivity contribution in [3.8, 4) is 0 Å². The molecule has 2 aliphatic carbocycles. The molecule has 0 aromatic carbocycles. The molecule has 0 aromatic rings. The van der Waals surface area contributed by atoms with Crippen molar-refractivity contribution in [2.45, 2.75) is 68.9 Å². The summed E-state index contributed by atoms with van der Waals surface area (Å²) in [6.07, 6.45) is 0.0518. The largest absolute Gasteiger partial charge is 0.481 e. The Bertz CT molecular complexity index is 928. The van der Waals surface area contributed by atoms with E-state index in [1.807, 2.05) is 0 Å². The van der Waals surface area contributed by atoms with Crippen LogP contribution in [0.3, 0.4) is 0 Å². The van der Waals surface area contributed by atoms with Crippen LogP contribution in [0, 0.1) is 11.8 Å². The standard InChI is InChI=1S/C24H31F4N3O4/c1-2-18(24(34)35)29-15-5-6-30(11-15)22-17(27)8-12-7-13(23(32)33)10-31(21(12)20(22)28)19-4-3-14(25)9-16(19)26/h2-4,9,12-13,15-17,19-22,29H,5-8,10-11H2,1H3,(H,32,33)(H,34,35)/b18-2+/t12?,13?,15?,16?,17?,19-,20?,21?,22?/m1/s1. The monoisotopic (exact) mass is 501 g/mol. The number of carbonyl (C=O) groups is 2. The van der Waals surface area contributed by atoms with Crippen molar-refractivity contribution >= 4 is 11.9 Å². The third-order valence-corrected chi connectivity index (χ3v) is 7.78. The van der Waals surface area contributed by atoms with Gasteiger partial charge in [0.05, 0.1) is 18.0 Å². The predicted molar refractivity (Wildman–Crippen MR) is 119 cm³/mol. The number of nitrogens with zero attached hydrogens (tertiary/aromatic N) is 2. The quantitative estimate of drug-likeness (QED) is 0.381. The lowest BCUT2D eigenvalue weighted by Crippen LogP contribution is -2.67. The summed E-state index contributed by atoms with van der Waals surface area (Å²) < 4.78 is 60.0. The molecular formula is C24H31F4N3O4. The van der Waals surface area contributed by atoms with Gasteiger partial charge in [0.2, 0.25) is 0 Å². The number of likely N-dealkylation sites (tertiary alicyclic amines) is 2. The van der Waals surface area contributed by atoms with Crippen molar-refractivity contribution in [2.75, 3.05) is 19.6 Å². The molecule has 194 valence electrons. The zero-order valence-electron chi connectivity index (χ0n) is 19.4. The molecule has 11 heteroatoms. The Morgan fingerprint density at radius 1 is 1.14 bits per heavy atom. The minimum atomic E-state index is -1.78. The van der Waals surface area contributed by atoms with Gasteiger partial charge in [0.1, 0.15) is 30.0 Å². The Labute approximate surface area is 201 Å². The summed E-state index contributed by atoms with van der Waals surface area (Å²) in [5.74, 6) is -4.50. The number of rotatable bonds is 6. The molecule has 4 aliphatic rings. The molecule has 0 bridgehead atoms. The number of hydrogen-bond acceptors (Lipinski definition) is 5. The maximum absolute atomic E-state index is 16.2. The van der Waals surface area contributed by atoms with Crippen molar-refractivity contribution in [2.24, 2.45) is 11.8 Å². The molecule has 0 spiro atoms. The first-order valence-electron chi connectivity index (χ1n) is 12.0. The SMILES string of the molecule is C/C=C(/NC1CCN(C2C(F)CC3CC(C(=O)O)CN([C@@H]4C=CC(F)=CC4F)C3C2F)C1)C(=O)O. The second kappa shape index (κ2) is 10.3. The number of piperidine rings is 1. The van der Waals surface area contributed by atoms with Gasteiger partial charge in [-0.2, -0.15) is 0 Å². The van der Waals surface area contributed by atoms with Crippen LogP contribution in [0.4, 0.5) is 17.6 Å². The summed E-state index contributed by atoms with van der Waals surface area (Å²) in [5, 5.41) is 21.8. The predicted octanol–water partition coefficient (Wildman–Crippen LogP) is 2.61. The number of carboxylic acids is 2. The average molecular weight is 502 g/mol. The fourth-order valence-electron chi connectivity index (χ4n) is 6.23. The van der Waals surface area contributed by atoms with E-state index >= 15 is 8.78 Å². The first kappa shape index (κ1) is 25.7. The minimum Gasteiger partial charge on any atom is -0.481 e. The van der Waals surface area contributed by atoms with E-state index in [1.165, 1.54) is 17.1 Å². The lowest BCUT2D eigenvalue weighted by Gasteiger charge is -2.54. The van der Waals surface area contributed by atoms with Gasteiger partial charge in [0.25, 0.3) is 0 Å². The van der Waals surface area contributed by atoms with Crippen molar-refractivity contribution in [3.05, 3.63) is 35.8 Å². The Morgan fingerprint density at radius 2 is 1.89 bits per heavy atom. The molecular weight excluding hydrogens is 470 g/mol. The number of aliphatic carboxylic acids is 2. The van der Waals surface area contributed by atoms with Crippen molar-refractivity contribution in [3.63, 3.8) is 0 Å². The van der Waals surface area contributed by atoms with E-state index < -0.39 is 66.2 Å². The molecule has 2 heterocycles. The van der Waals surface area contributed by atoms with Gasteiger partial charge in [-0.05, 0) is 44.3 Å². The fourth-order valence-corrected chi connectivity index (χ4v) is 6.23. The van der Waals surface area contributed by atoms with Gasteiger partial charge < -0.3 is 15.5 Å². The van der Waals surface area contributed by atoms with Crippen LogP contribution in [0.1, 0.15) is 26.2 Å². The molecule has 8 unspecified atom stereocenters. The fraction of sp³-hybridized carbons (Fsp3) is 0.667. The number of allylic oxidation sites excluding steroid dienone is 3. The lowest BCUT2D eigenvalue weighted by atomic mass is 9.70. The van der Waals surface area contributed by atoms with E-state index in [1.54, 1.807) is 11.8 Å². The topological polar surface area (TPSA) is 93.1 Å². The minimum absolute atomic E-state index is 0.0192. The van der Waals surface area contributed by atoms with E-state index in [4.69, 9.17) is 0 Å². The molecule has 9 atom stereocenters. The normalized spacial score (nSPS) is 40.8. The smallest absolute Gasteiger partial charge is 0.351 e. The van der Waals surface area contributed by atoms with Crippen LogP contribution in [0.5, 0.6) is 0 Å². The van der Waals surface area contributed by atoms with E-state index in [0.29, 0.717) is 13.0 Å². The molecule has 0 amide bonds. The molecule has 0 radical (unpaired) electrons. The summed E-state index contributed by atoms with van der Waals surface area (Å²) in [6, 6.07) is -3.37. The number of alkyl halides is 3. The van der Waals surface area contributed by atoms with Crippen LogP contribution < -0.4 is 5.32 Å². The number of fused-ring (bicyclic) bond motifs is 1. The molecule has 3 N–H and O–H groups in total. The summed E-state index contributed by atoms with van der Waals surface area (Å²) in [5.41, 5.74) is 0.0192. The van der Waals surface area contributed by atoms with Gasteiger partial charge in [-0.15, -0.1) is 0 Å². The molecule has 3 fully saturated rings. The highest BCUT2D eigenvalue weighted by atomic mass is 19.2. The van der Waals surface area contributed by atoms with Crippen LogP contribution in [0.15, 0.2) is 35.8 Å². The molecule has 1 saturated carbocycles. The lowest BCUT2D eigenvalue weighted by molar-refractivity contribution is -0.152. The Kier molecular flexibility index (Phi) is 7.56. The highest BCUT2D eigenvalue weighted by Crippen LogP contribution is 2.44. The highest BCUT2D eigenvalue weighted by molar-refractivity contribution is 5.85. The van der Waals surface area contributed by atoms with E-state index in [9.17, 15) is 28.6 Å². The van der Waals surface area contributed by atoms with Gasteiger partial charge in [-0.25, -0.2) is 22.4 Å². The first-order chi connectivity index (χ1) is 16.6. The van der Waals surface area contributed by atoms with Crippen LogP contribution in [-0.4, -0.2) is 94.3 Å². The summed E-state index contributed by atoms with van der Waals surface area (Å²) >= 11 is 0. The van der Waals surface area contributed by atoms with Gasteiger partial charge in [0, 0.05) is 31.7 Å².